The van der Waals surface area contributed by atoms with Crippen LogP contribution < -0.4 is 4.74 Å². The number of alkyl halides is 1. The van der Waals surface area contributed by atoms with Gasteiger partial charge in [-0.05, 0) is 37.8 Å². The second-order valence-electron chi connectivity index (χ2n) is 4.26. The maximum atomic E-state index is 5.91. The summed E-state index contributed by atoms with van der Waals surface area (Å²) in [7, 11) is 0. The summed E-state index contributed by atoms with van der Waals surface area (Å²) in [5.74, 6) is 1.07. The van der Waals surface area contributed by atoms with E-state index in [0.29, 0.717) is 6.10 Å². The molecule has 0 N–H and O–H groups in total. The number of halogens is 1. The zero-order valence-electron chi connectivity index (χ0n) is 9.08. The standard InChI is InChI=1S/C13H17ClO/c1-10(14)5-4-7-12-9-11-6-2-3-8-13(11)15-12/h2-3,6,8,10,12H,4-5,7,9H2,1H3. The number of fused-ring (bicyclic) bond motifs is 1. The minimum absolute atomic E-state index is 0.286. The highest BCUT2D eigenvalue weighted by atomic mass is 35.5. The molecule has 0 radical (unpaired) electrons. The first-order valence-corrected chi connectivity index (χ1v) is 6.08. The lowest BCUT2D eigenvalue weighted by Crippen LogP contribution is -2.12. The molecule has 1 nitrogen and oxygen atoms in total. The van der Waals surface area contributed by atoms with E-state index >= 15 is 0 Å². The van der Waals surface area contributed by atoms with Gasteiger partial charge < -0.3 is 4.74 Å². The third kappa shape index (κ3) is 2.88. The quantitative estimate of drug-likeness (QED) is 0.708. The molecule has 1 aromatic carbocycles. The molecule has 0 aromatic heterocycles. The average Bonchev–Trinajstić information content (AvgIpc) is 2.59. The molecule has 0 saturated heterocycles. The molecule has 2 unspecified atom stereocenters. The van der Waals surface area contributed by atoms with Crippen molar-refractivity contribution in [3.8, 4) is 5.75 Å². The smallest absolute Gasteiger partial charge is 0.123 e. The zero-order valence-corrected chi connectivity index (χ0v) is 9.83. The van der Waals surface area contributed by atoms with Crippen LogP contribution in [0.3, 0.4) is 0 Å². The Morgan fingerprint density at radius 1 is 1.47 bits per heavy atom. The van der Waals surface area contributed by atoms with Gasteiger partial charge in [-0.25, -0.2) is 0 Å². The fraction of sp³-hybridized carbons (Fsp3) is 0.538. The minimum Gasteiger partial charge on any atom is -0.490 e. The van der Waals surface area contributed by atoms with Crippen LogP contribution in [0.25, 0.3) is 0 Å². The van der Waals surface area contributed by atoms with E-state index in [1.165, 1.54) is 5.56 Å². The highest BCUT2D eigenvalue weighted by Gasteiger charge is 2.21. The summed E-state index contributed by atoms with van der Waals surface area (Å²) in [6, 6.07) is 8.31. The van der Waals surface area contributed by atoms with Crippen molar-refractivity contribution in [2.24, 2.45) is 0 Å². The Kier molecular flexibility index (Phi) is 3.53. The van der Waals surface area contributed by atoms with Gasteiger partial charge in [0, 0.05) is 11.8 Å². The first-order chi connectivity index (χ1) is 7.25. The molecule has 0 saturated carbocycles. The lowest BCUT2D eigenvalue weighted by atomic mass is 10.1. The third-order valence-electron chi connectivity index (χ3n) is 2.84. The van der Waals surface area contributed by atoms with Crippen molar-refractivity contribution in [1.82, 2.24) is 0 Å². The van der Waals surface area contributed by atoms with Crippen molar-refractivity contribution in [1.29, 1.82) is 0 Å². The van der Waals surface area contributed by atoms with Crippen LogP contribution in [0.15, 0.2) is 24.3 Å². The molecule has 1 heterocycles. The normalized spacial score (nSPS) is 20.8. The van der Waals surface area contributed by atoms with Crippen molar-refractivity contribution in [3.05, 3.63) is 29.8 Å². The Morgan fingerprint density at radius 2 is 2.27 bits per heavy atom. The number of hydrogen-bond donors (Lipinski definition) is 0. The molecular formula is C13H17ClO. The number of hydrogen-bond acceptors (Lipinski definition) is 1. The molecule has 1 aromatic rings. The third-order valence-corrected chi connectivity index (χ3v) is 3.06. The van der Waals surface area contributed by atoms with Crippen molar-refractivity contribution in [2.45, 2.75) is 44.1 Å². The van der Waals surface area contributed by atoms with Gasteiger partial charge in [-0.1, -0.05) is 18.2 Å². The maximum Gasteiger partial charge on any atom is 0.123 e. The van der Waals surface area contributed by atoms with E-state index < -0.39 is 0 Å². The first kappa shape index (κ1) is 10.8. The van der Waals surface area contributed by atoms with Gasteiger partial charge in [0.2, 0.25) is 0 Å². The number of rotatable bonds is 4. The summed E-state index contributed by atoms with van der Waals surface area (Å²) in [5, 5.41) is 0.286. The van der Waals surface area contributed by atoms with Gasteiger partial charge in [-0.2, -0.15) is 0 Å². The average molecular weight is 225 g/mol. The van der Waals surface area contributed by atoms with E-state index in [4.69, 9.17) is 16.3 Å². The van der Waals surface area contributed by atoms with Crippen LogP contribution >= 0.6 is 11.6 Å². The Balaban J connectivity index is 1.80. The molecule has 2 rings (SSSR count). The fourth-order valence-corrected chi connectivity index (χ4v) is 2.20. The van der Waals surface area contributed by atoms with Crippen LogP contribution in [0.5, 0.6) is 5.75 Å². The molecule has 1 aliphatic heterocycles. The fourth-order valence-electron chi connectivity index (χ4n) is 2.04. The van der Waals surface area contributed by atoms with Crippen molar-refractivity contribution < 1.29 is 4.74 Å². The van der Waals surface area contributed by atoms with Crippen LogP contribution in [0.1, 0.15) is 31.7 Å². The molecule has 0 fully saturated rings. The minimum atomic E-state index is 0.286. The number of para-hydroxylation sites is 1. The van der Waals surface area contributed by atoms with Gasteiger partial charge in [0.05, 0.1) is 0 Å². The Labute approximate surface area is 96.4 Å². The molecule has 2 atom stereocenters. The lowest BCUT2D eigenvalue weighted by Gasteiger charge is -2.10. The van der Waals surface area contributed by atoms with E-state index in [0.717, 1.165) is 31.4 Å². The maximum absolute atomic E-state index is 5.91. The van der Waals surface area contributed by atoms with Crippen LogP contribution in [-0.4, -0.2) is 11.5 Å². The predicted octanol–water partition coefficient (Wildman–Crippen LogP) is 3.79. The number of ether oxygens (including phenoxy) is 1. The summed E-state index contributed by atoms with van der Waals surface area (Å²) in [4.78, 5) is 0. The van der Waals surface area contributed by atoms with Crippen LogP contribution in [-0.2, 0) is 6.42 Å². The molecule has 0 spiro atoms. The number of benzene rings is 1. The molecule has 1 aliphatic rings. The summed E-state index contributed by atoms with van der Waals surface area (Å²) < 4.78 is 5.85. The summed E-state index contributed by atoms with van der Waals surface area (Å²) in [6.07, 6.45) is 4.79. The molecule has 0 bridgehead atoms. The van der Waals surface area contributed by atoms with Crippen molar-refractivity contribution >= 4 is 11.6 Å². The van der Waals surface area contributed by atoms with Gasteiger partial charge in [-0.3, -0.25) is 0 Å². The van der Waals surface area contributed by atoms with E-state index in [1.54, 1.807) is 0 Å². The summed E-state index contributed by atoms with van der Waals surface area (Å²) >= 11 is 5.91. The SMILES string of the molecule is CC(Cl)CCCC1Cc2ccccc2O1. The molecule has 2 heteroatoms. The van der Waals surface area contributed by atoms with E-state index in [2.05, 4.69) is 18.2 Å². The van der Waals surface area contributed by atoms with Gasteiger partial charge in [0.25, 0.3) is 0 Å². The highest BCUT2D eigenvalue weighted by Crippen LogP contribution is 2.30. The molecule has 82 valence electrons. The molecule has 0 aliphatic carbocycles. The Bertz CT molecular complexity index is 297. The van der Waals surface area contributed by atoms with Gasteiger partial charge in [0.1, 0.15) is 11.9 Å². The molecule has 0 amide bonds. The van der Waals surface area contributed by atoms with Crippen LogP contribution in [0.2, 0.25) is 0 Å². The van der Waals surface area contributed by atoms with E-state index in [9.17, 15) is 0 Å². The highest BCUT2D eigenvalue weighted by molar-refractivity contribution is 6.20. The molecular weight excluding hydrogens is 208 g/mol. The topological polar surface area (TPSA) is 9.23 Å². The lowest BCUT2D eigenvalue weighted by molar-refractivity contribution is 0.217. The predicted molar refractivity (Wildman–Crippen MR) is 63.7 cm³/mol. The Morgan fingerprint density at radius 3 is 3.00 bits per heavy atom. The first-order valence-electron chi connectivity index (χ1n) is 5.64. The van der Waals surface area contributed by atoms with E-state index in [-0.39, 0.29) is 5.38 Å². The summed E-state index contributed by atoms with van der Waals surface area (Å²) in [6.45, 7) is 2.05. The van der Waals surface area contributed by atoms with Gasteiger partial charge in [0.15, 0.2) is 0 Å². The second kappa shape index (κ2) is 4.89. The zero-order chi connectivity index (χ0) is 10.7. The summed E-state index contributed by atoms with van der Waals surface area (Å²) in [5.41, 5.74) is 1.35. The van der Waals surface area contributed by atoms with Crippen molar-refractivity contribution in [2.75, 3.05) is 0 Å². The van der Waals surface area contributed by atoms with Gasteiger partial charge >= 0.3 is 0 Å². The molecule has 15 heavy (non-hydrogen) atoms. The largest absolute Gasteiger partial charge is 0.490 e. The van der Waals surface area contributed by atoms with Crippen LogP contribution in [0.4, 0.5) is 0 Å². The second-order valence-corrected chi connectivity index (χ2v) is 5.01. The van der Waals surface area contributed by atoms with Crippen molar-refractivity contribution in [3.63, 3.8) is 0 Å². The van der Waals surface area contributed by atoms with E-state index in [1.807, 2.05) is 13.0 Å². The van der Waals surface area contributed by atoms with Crippen LogP contribution in [0, 0.1) is 0 Å². The monoisotopic (exact) mass is 224 g/mol. The Hall–Kier alpha value is -0.690. The van der Waals surface area contributed by atoms with Gasteiger partial charge in [-0.15, -0.1) is 11.6 Å².